The number of nitrogens with zero attached hydrogens (tertiary/aromatic N) is 2. The second kappa shape index (κ2) is 2.12. The topological polar surface area (TPSA) is 26.5 Å². The van der Waals surface area contributed by atoms with Crippen molar-refractivity contribution in [2.24, 2.45) is 16.9 Å². The van der Waals surface area contributed by atoms with Crippen molar-refractivity contribution in [2.75, 3.05) is 0 Å². The predicted octanol–water partition coefficient (Wildman–Crippen LogP) is 2.05. The van der Waals surface area contributed by atoms with Gasteiger partial charge in [-0.3, -0.25) is 0 Å². The first kappa shape index (κ1) is 6.70. The molecule has 0 aromatic carbocycles. The summed E-state index contributed by atoms with van der Waals surface area (Å²) in [5.41, 5.74) is 8.30. The lowest BCUT2D eigenvalue weighted by Crippen LogP contribution is -2.00. The summed E-state index contributed by atoms with van der Waals surface area (Å²) in [7, 11) is 0. The van der Waals surface area contributed by atoms with Gasteiger partial charge in [0.1, 0.15) is 0 Å². The van der Waals surface area contributed by atoms with E-state index in [0.29, 0.717) is 0 Å². The second-order valence-electron chi connectivity index (χ2n) is 4.14. The van der Waals surface area contributed by atoms with Crippen LogP contribution in [0.2, 0.25) is 0 Å². The molecule has 0 atom stereocenters. The molecule has 12 heavy (non-hydrogen) atoms. The monoisotopic (exact) mass is 161 g/mol. The fraction of sp³-hybridized carbons (Fsp3) is 0.700. The van der Waals surface area contributed by atoms with E-state index in [2.05, 4.69) is 17.5 Å². The molecule has 63 valence electrons. The molecule has 2 aliphatic carbocycles. The van der Waals surface area contributed by atoms with Crippen LogP contribution in [0.15, 0.2) is 16.4 Å². The summed E-state index contributed by atoms with van der Waals surface area (Å²) in [4.78, 5) is 0. The Morgan fingerprint density at radius 2 is 1.75 bits per heavy atom. The quantitative estimate of drug-likeness (QED) is 0.592. The van der Waals surface area contributed by atoms with Crippen molar-refractivity contribution in [3.05, 3.63) is 11.3 Å². The van der Waals surface area contributed by atoms with Crippen LogP contribution in [0.3, 0.4) is 0 Å². The maximum absolute atomic E-state index is 4.29. The highest BCUT2D eigenvalue weighted by Gasteiger charge is 2.37. The van der Waals surface area contributed by atoms with Crippen LogP contribution in [-0.2, 0) is 0 Å². The van der Waals surface area contributed by atoms with E-state index in [9.17, 15) is 0 Å². The van der Waals surface area contributed by atoms with Gasteiger partial charge in [-0.2, -0.15) is 10.5 Å². The van der Waals surface area contributed by atoms with Gasteiger partial charge in [0.15, 0.2) is 0 Å². The highest BCUT2D eigenvalue weighted by Crippen LogP contribution is 2.42. The fourth-order valence-corrected chi connectivity index (χ4v) is 1.88. The van der Waals surface area contributed by atoms with Gasteiger partial charge in [0.25, 0.3) is 0 Å². The van der Waals surface area contributed by atoms with E-state index in [-0.39, 0.29) is 0 Å². The zero-order valence-electron chi connectivity index (χ0n) is 7.38. The molecule has 1 radical (unpaired) electrons. The van der Waals surface area contributed by atoms with Gasteiger partial charge in [-0.1, -0.05) is 0 Å². The van der Waals surface area contributed by atoms with Gasteiger partial charge >= 0.3 is 0 Å². The third kappa shape index (κ3) is 0.904. The third-order valence-corrected chi connectivity index (χ3v) is 2.96. The molecule has 2 heteroatoms. The third-order valence-electron chi connectivity index (χ3n) is 2.96. The summed E-state index contributed by atoms with van der Waals surface area (Å²) in [5, 5.41) is 4.29. The van der Waals surface area contributed by atoms with Crippen LogP contribution in [0.25, 0.3) is 0 Å². The average molecular weight is 161 g/mol. The summed E-state index contributed by atoms with van der Waals surface area (Å²) in [6.07, 6.45) is 5.35. The minimum absolute atomic E-state index is 0.769. The molecule has 1 heterocycles. The van der Waals surface area contributed by atoms with Crippen molar-refractivity contribution < 1.29 is 0 Å². The fourth-order valence-electron chi connectivity index (χ4n) is 1.88. The van der Waals surface area contributed by atoms with Crippen molar-refractivity contribution in [3.8, 4) is 0 Å². The van der Waals surface area contributed by atoms with Crippen molar-refractivity contribution >= 4 is 5.71 Å². The highest BCUT2D eigenvalue weighted by atomic mass is 15.3. The molecule has 2 saturated carbocycles. The van der Waals surface area contributed by atoms with E-state index >= 15 is 0 Å². The maximum Gasteiger partial charge on any atom is 0.0709 e. The van der Waals surface area contributed by atoms with Crippen LogP contribution in [0.4, 0.5) is 0 Å². The highest BCUT2D eigenvalue weighted by molar-refractivity contribution is 6.04. The first-order valence-corrected chi connectivity index (χ1v) is 4.86. The lowest BCUT2D eigenvalue weighted by molar-refractivity contribution is 0.789. The molecule has 3 rings (SSSR count). The molecule has 0 saturated heterocycles. The summed E-state index contributed by atoms with van der Waals surface area (Å²) in [5.74, 6) is 1.54. The van der Waals surface area contributed by atoms with E-state index in [1.54, 1.807) is 0 Å². The van der Waals surface area contributed by atoms with Crippen LogP contribution in [-0.4, -0.2) is 5.71 Å². The Balaban J connectivity index is 1.87. The number of hydrogen-bond acceptors (Lipinski definition) is 1. The smallest absolute Gasteiger partial charge is 0.0709 e. The Bertz CT molecular complexity index is 265. The van der Waals surface area contributed by atoms with Crippen molar-refractivity contribution in [1.82, 2.24) is 5.43 Å². The summed E-state index contributed by atoms with van der Waals surface area (Å²) in [6.45, 7) is 2.20. The molecular weight excluding hydrogens is 148 g/mol. The molecule has 0 N–H and O–H groups in total. The first-order valence-electron chi connectivity index (χ1n) is 4.86. The van der Waals surface area contributed by atoms with E-state index in [1.165, 1.54) is 42.7 Å². The van der Waals surface area contributed by atoms with Gasteiger partial charge in [-0.15, -0.1) is 0 Å². The Hall–Kier alpha value is -0.790. The molecule has 0 aromatic heterocycles. The average Bonchev–Trinajstić information content (AvgIpc) is 2.94. The van der Waals surface area contributed by atoms with Crippen LogP contribution in [0.5, 0.6) is 0 Å². The minimum atomic E-state index is 0.769. The Labute approximate surface area is 72.7 Å². The summed E-state index contributed by atoms with van der Waals surface area (Å²) in [6, 6.07) is 0. The molecule has 2 fully saturated rings. The number of rotatable bonds is 2. The molecule has 1 aliphatic heterocycles. The van der Waals surface area contributed by atoms with Gasteiger partial charge < -0.3 is 0 Å². The molecule has 0 amide bonds. The zero-order chi connectivity index (χ0) is 8.13. The van der Waals surface area contributed by atoms with E-state index in [4.69, 9.17) is 0 Å². The van der Waals surface area contributed by atoms with E-state index < -0.39 is 0 Å². The standard InChI is InChI=1S/C10H13N2/c1-6-9(7-2-3-7)11-12-10(6)8-4-5-8/h7-8H,2-5H2,1H3. The van der Waals surface area contributed by atoms with Crippen LogP contribution < -0.4 is 5.43 Å². The molecular formula is C10H13N2. The largest absolute Gasteiger partial charge is 0.155 e. The maximum atomic E-state index is 4.29. The summed E-state index contributed by atoms with van der Waals surface area (Å²) >= 11 is 0. The van der Waals surface area contributed by atoms with Crippen LogP contribution in [0.1, 0.15) is 32.6 Å². The molecule has 0 unspecified atom stereocenters. The van der Waals surface area contributed by atoms with Crippen LogP contribution in [0, 0.1) is 11.8 Å². The van der Waals surface area contributed by atoms with Gasteiger partial charge in [-0.05, 0) is 38.2 Å². The SMILES string of the molecule is CC1=C(C2CC2)[N]N=C1C1CC1. The lowest BCUT2D eigenvalue weighted by Gasteiger charge is -1.98. The van der Waals surface area contributed by atoms with E-state index in [1.807, 2.05) is 0 Å². The van der Waals surface area contributed by atoms with Gasteiger partial charge in [0.05, 0.1) is 11.4 Å². The summed E-state index contributed by atoms with van der Waals surface area (Å²) < 4.78 is 0. The molecule has 0 spiro atoms. The molecule has 0 aromatic rings. The minimum Gasteiger partial charge on any atom is -0.155 e. The number of allylic oxidation sites excluding steroid dienone is 2. The molecule has 3 aliphatic rings. The van der Waals surface area contributed by atoms with Crippen LogP contribution >= 0.6 is 0 Å². The lowest BCUT2D eigenvalue weighted by atomic mass is 10.1. The van der Waals surface area contributed by atoms with Crippen molar-refractivity contribution in [1.29, 1.82) is 0 Å². The van der Waals surface area contributed by atoms with E-state index in [0.717, 1.165) is 11.8 Å². The Morgan fingerprint density at radius 1 is 1.08 bits per heavy atom. The normalized spacial score (nSPS) is 28.9. The van der Waals surface area contributed by atoms with Gasteiger partial charge in [0.2, 0.25) is 0 Å². The second-order valence-corrected chi connectivity index (χ2v) is 4.14. The Kier molecular flexibility index (Phi) is 1.18. The predicted molar refractivity (Wildman–Crippen MR) is 47.7 cm³/mol. The van der Waals surface area contributed by atoms with Crippen molar-refractivity contribution in [2.45, 2.75) is 32.6 Å². The van der Waals surface area contributed by atoms with Gasteiger partial charge in [-0.25, -0.2) is 0 Å². The Morgan fingerprint density at radius 3 is 2.33 bits per heavy atom. The number of hydrogen-bond donors (Lipinski definition) is 0. The zero-order valence-corrected chi connectivity index (χ0v) is 7.38. The first-order chi connectivity index (χ1) is 5.86. The molecule has 0 bridgehead atoms. The van der Waals surface area contributed by atoms with Gasteiger partial charge in [0, 0.05) is 11.8 Å². The molecule has 2 nitrogen and oxygen atoms in total. The van der Waals surface area contributed by atoms with Crippen molar-refractivity contribution in [3.63, 3.8) is 0 Å².